The fourth-order valence-electron chi connectivity index (χ4n) is 2.44. The van der Waals surface area contributed by atoms with Crippen LogP contribution in [-0.4, -0.2) is 66.5 Å². The summed E-state index contributed by atoms with van der Waals surface area (Å²) in [5.41, 5.74) is 0. The van der Waals surface area contributed by atoms with Gasteiger partial charge in [0.15, 0.2) is 5.96 Å². The van der Waals surface area contributed by atoms with E-state index in [9.17, 15) is 9.59 Å². The molecule has 118 valence electrons. The Labute approximate surface area is 129 Å². The molecule has 0 spiro atoms. The standard InChI is InChI=1S/C13H23N5O2S/c1-13(4-3-7-21-13)9-17-11(14-2)15-5-6-18-10(19)8-16-12(18)20/h3-9H2,1-2H3,(H,16,20)(H2,14,15,17). The van der Waals surface area contributed by atoms with Gasteiger partial charge in [-0.1, -0.05) is 0 Å². The number of amides is 3. The third-order valence-corrected chi connectivity index (χ3v) is 5.26. The molecule has 2 rings (SSSR count). The molecule has 2 heterocycles. The summed E-state index contributed by atoms with van der Waals surface area (Å²) in [6.07, 6.45) is 2.48. The molecule has 2 aliphatic rings. The number of nitrogens with zero attached hydrogens (tertiary/aromatic N) is 2. The monoisotopic (exact) mass is 313 g/mol. The predicted molar refractivity (Wildman–Crippen MR) is 84.6 cm³/mol. The Morgan fingerprint density at radius 3 is 2.86 bits per heavy atom. The quantitative estimate of drug-likeness (QED) is 0.378. The molecule has 8 heteroatoms. The van der Waals surface area contributed by atoms with Gasteiger partial charge in [0.1, 0.15) is 0 Å². The number of urea groups is 1. The van der Waals surface area contributed by atoms with Crippen molar-refractivity contribution in [2.75, 3.05) is 39.0 Å². The van der Waals surface area contributed by atoms with E-state index >= 15 is 0 Å². The average Bonchev–Trinajstić information content (AvgIpc) is 3.03. The Hall–Kier alpha value is -1.44. The van der Waals surface area contributed by atoms with Gasteiger partial charge in [0, 0.05) is 31.4 Å². The molecule has 0 aromatic rings. The fourth-order valence-corrected chi connectivity index (χ4v) is 3.68. The second-order valence-corrected chi connectivity index (χ2v) is 7.14. The summed E-state index contributed by atoms with van der Waals surface area (Å²) in [4.78, 5) is 28.2. The van der Waals surface area contributed by atoms with Crippen molar-refractivity contribution < 1.29 is 9.59 Å². The van der Waals surface area contributed by atoms with Crippen LogP contribution in [0.15, 0.2) is 4.99 Å². The number of thioether (sulfide) groups is 1. The molecule has 0 bridgehead atoms. The molecule has 21 heavy (non-hydrogen) atoms. The van der Waals surface area contributed by atoms with Crippen molar-refractivity contribution in [3.05, 3.63) is 0 Å². The lowest BCUT2D eigenvalue weighted by Gasteiger charge is -2.24. The number of aliphatic imine (C=N–C) groups is 1. The largest absolute Gasteiger partial charge is 0.355 e. The molecular weight excluding hydrogens is 290 g/mol. The maximum absolute atomic E-state index is 11.4. The van der Waals surface area contributed by atoms with Gasteiger partial charge in [-0.15, -0.1) is 0 Å². The lowest BCUT2D eigenvalue weighted by Crippen LogP contribution is -2.46. The number of imide groups is 1. The van der Waals surface area contributed by atoms with Crippen molar-refractivity contribution in [3.8, 4) is 0 Å². The molecule has 2 fully saturated rings. The predicted octanol–water partition coefficient (Wildman–Crippen LogP) is -0.0111. The second-order valence-electron chi connectivity index (χ2n) is 5.46. The summed E-state index contributed by atoms with van der Waals surface area (Å²) >= 11 is 1.99. The molecular formula is C13H23N5O2S. The first-order chi connectivity index (χ1) is 10.0. The van der Waals surface area contributed by atoms with Crippen LogP contribution < -0.4 is 16.0 Å². The number of hydrogen-bond donors (Lipinski definition) is 3. The van der Waals surface area contributed by atoms with Crippen molar-refractivity contribution in [1.82, 2.24) is 20.9 Å². The smallest absolute Gasteiger partial charge is 0.324 e. The highest BCUT2D eigenvalue weighted by atomic mass is 32.2. The molecule has 0 aliphatic carbocycles. The molecule has 7 nitrogen and oxygen atoms in total. The van der Waals surface area contributed by atoms with Crippen LogP contribution in [0.3, 0.4) is 0 Å². The Bertz CT molecular complexity index is 418. The summed E-state index contributed by atoms with van der Waals surface area (Å²) < 4.78 is 0.266. The van der Waals surface area contributed by atoms with Gasteiger partial charge in [0.05, 0.1) is 6.54 Å². The minimum Gasteiger partial charge on any atom is -0.355 e. The normalized spacial score (nSPS) is 26.2. The van der Waals surface area contributed by atoms with E-state index in [0.717, 1.165) is 6.54 Å². The van der Waals surface area contributed by atoms with Gasteiger partial charge in [-0.2, -0.15) is 11.8 Å². The molecule has 0 radical (unpaired) electrons. The molecule has 2 aliphatic heterocycles. The van der Waals surface area contributed by atoms with E-state index in [1.165, 1.54) is 23.5 Å². The molecule has 3 N–H and O–H groups in total. The average molecular weight is 313 g/mol. The highest BCUT2D eigenvalue weighted by molar-refractivity contribution is 8.00. The van der Waals surface area contributed by atoms with Crippen LogP contribution in [-0.2, 0) is 4.79 Å². The van der Waals surface area contributed by atoms with Crippen LogP contribution in [0.2, 0.25) is 0 Å². The molecule has 3 amide bonds. The molecule has 0 aromatic carbocycles. The van der Waals surface area contributed by atoms with Crippen molar-refractivity contribution in [2.45, 2.75) is 24.5 Å². The van der Waals surface area contributed by atoms with E-state index in [4.69, 9.17) is 0 Å². The Morgan fingerprint density at radius 2 is 2.29 bits per heavy atom. The lowest BCUT2D eigenvalue weighted by molar-refractivity contribution is -0.124. The maximum atomic E-state index is 11.4. The van der Waals surface area contributed by atoms with Crippen LogP contribution >= 0.6 is 11.8 Å². The van der Waals surface area contributed by atoms with Gasteiger partial charge in [-0.3, -0.25) is 14.7 Å². The summed E-state index contributed by atoms with van der Waals surface area (Å²) in [5, 5.41) is 8.95. The lowest BCUT2D eigenvalue weighted by atomic mass is 10.1. The zero-order chi connectivity index (χ0) is 15.3. The van der Waals surface area contributed by atoms with Crippen molar-refractivity contribution in [1.29, 1.82) is 0 Å². The van der Waals surface area contributed by atoms with Gasteiger partial charge < -0.3 is 16.0 Å². The minimum atomic E-state index is -0.320. The Morgan fingerprint density at radius 1 is 1.48 bits per heavy atom. The highest BCUT2D eigenvalue weighted by Crippen LogP contribution is 2.36. The zero-order valence-electron chi connectivity index (χ0n) is 12.6. The second kappa shape index (κ2) is 7.02. The Kier molecular flexibility index (Phi) is 5.33. The van der Waals surface area contributed by atoms with Gasteiger partial charge in [0.25, 0.3) is 0 Å². The number of nitrogens with one attached hydrogen (secondary N) is 3. The summed E-state index contributed by atoms with van der Waals surface area (Å²) in [6, 6.07) is -0.320. The van der Waals surface area contributed by atoms with Gasteiger partial charge in [0.2, 0.25) is 5.91 Å². The summed E-state index contributed by atoms with van der Waals surface area (Å²) in [7, 11) is 1.72. The first-order valence-corrected chi connectivity index (χ1v) is 8.19. The van der Waals surface area contributed by atoms with E-state index in [2.05, 4.69) is 27.9 Å². The van der Waals surface area contributed by atoms with Crippen molar-refractivity contribution in [3.63, 3.8) is 0 Å². The first kappa shape index (κ1) is 15.9. The van der Waals surface area contributed by atoms with E-state index < -0.39 is 0 Å². The van der Waals surface area contributed by atoms with E-state index in [1.807, 2.05) is 11.8 Å². The van der Waals surface area contributed by atoms with Crippen LogP contribution in [0.1, 0.15) is 19.8 Å². The third-order valence-electron chi connectivity index (χ3n) is 3.72. The van der Waals surface area contributed by atoms with Crippen molar-refractivity contribution >= 4 is 29.7 Å². The first-order valence-electron chi connectivity index (χ1n) is 7.21. The molecule has 2 saturated heterocycles. The Balaban J connectivity index is 1.70. The third kappa shape index (κ3) is 4.26. The SMILES string of the molecule is CN=C(NCCN1C(=O)CNC1=O)NCC1(C)CCCS1. The van der Waals surface area contributed by atoms with E-state index in [1.54, 1.807) is 7.05 Å². The van der Waals surface area contributed by atoms with Crippen LogP contribution in [0.4, 0.5) is 4.79 Å². The van der Waals surface area contributed by atoms with Gasteiger partial charge >= 0.3 is 6.03 Å². The van der Waals surface area contributed by atoms with Crippen LogP contribution in [0, 0.1) is 0 Å². The van der Waals surface area contributed by atoms with Crippen LogP contribution in [0.25, 0.3) is 0 Å². The number of carbonyl (C=O) groups excluding carboxylic acids is 2. The molecule has 1 unspecified atom stereocenters. The summed E-state index contributed by atoms with van der Waals surface area (Å²) in [5.74, 6) is 1.74. The minimum absolute atomic E-state index is 0.0986. The number of guanidine groups is 1. The van der Waals surface area contributed by atoms with Crippen molar-refractivity contribution in [2.24, 2.45) is 4.99 Å². The maximum Gasteiger partial charge on any atom is 0.324 e. The zero-order valence-corrected chi connectivity index (χ0v) is 13.4. The number of carbonyl (C=O) groups is 2. The summed E-state index contributed by atoms with van der Waals surface area (Å²) in [6.45, 7) is 4.06. The van der Waals surface area contributed by atoms with Gasteiger partial charge in [-0.05, 0) is 25.5 Å². The highest BCUT2D eigenvalue weighted by Gasteiger charge is 2.30. The topological polar surface area (TPSA) is 85.8 Å². The number of hydrogen-bond acceptors (Lipinski definition) is 4. The van der Waals surface area contributed by atoms with Gasteiger partial charge in [-0.25, -0.2) is 4.79 Å². The number of rotatable bonds is 5. The molecule has 0 aromatic heterocycles. The van der Waals surface area contributed by atoms with E-state index in [-0.39, 0.29) is 23.2 Å². The van der Waals surface area contributed by atoms with Crippen LogP contribution in [0.5, 0.6) is 0 Å². The fraction of sp³-hybridized carbons (Fsp3) is 0.769. The van der Waals surface area contributed by atoms with E-state index in [0.29, 0.717) is 19.0 Å². The molecule has 0 saturated carbocycles. The molecule has 1 atom stereocenters.